The Morgan fingerprint density at radius 2 is 2.33 bits per heavy atom. The molecule has 1 atom stereocenters. The molecule has 1 aliphatic rings. The van der Waals surface area contributed by atoms with E-state index in [2.05, 4.69) is 0 Å². The van der Waals surface area contributed by atoms with Gasteiger partial charge in [0.15, 0.2) is 0 Å². The van der Waals surface area contributed by atoms with Gasteiger partial charge < -0.3 is 9.84 Å². The molecule has 18 heavy (non-hydrogen) atoms. The minimum atomic E-state index is -3.46. The Kier molecular flexibility index (Phi) is 4.08. The maximum Gasteiger partial charge on any atom is 0.244 e. The third kappa shape index (κ3) is 2.60. The van der Waals surface area contributed by atoms with Crippen molar-refractivity contribution in [1.82, 2.24) is 4.31 Å². The first-order valence-corrected chi connectivity index (χ1v) is 8.02. The fourth-order valence-corrected chi connectivity index (χ4v) is 4.97. The summed E-state index contributed by atoms with van der Waals surface area (Å²) in [6.07, 6.45) is -0.0789. The van der Waals surface area contributed by atoms with Crippen molar-refractivity contribution in [2.45, 2.75) is 31.5 Å². The molecule has 102 valence electrons. The van der Waals surface area contributed by atoms with E-state index in [1.807, 2.05) is 6.92 Å². The summed E-state index contributed by atoms with van der Waals surface area (Å²) >= 11 is 1.32. The quantitative estimate of drug-likeness (QED) is 0.900. The largest absolute Gasteiger partial charge is 0.391 e. The number of ether oxygens (including phenoxy) is 1. The number of nitrogens with zero attached hydrogens (tertiary/aromatic N) is 1. The Labute approximate surface area is 111 Å². The second-order valence-electron chi connectivity index (χ2n) is 4.34. The summed E-state index contributed by atoms with van der Waals surface area (Å²) in [5.41, 5.74) is 0. The summed E-state index contributed by atoms with van der Waals surface area (Å²) in [5, 5.41) is 9.08. The van der Waals surface area contributed by atoms with E-state index in [1.165, 1.54) is 15.6 Å². The molecule has 5 nitrogen and oxygen atoms in total. The molecule has 1 N–H and O–H groups in total. The average Bonchev–Trinajstić information content (AvgIpc) is 2.71. The van der Waals surface area contributed by atoms with Crippen LogP contribution >= 0.6 is 11.3 Å². The number of thiophene rings is 1. The van der Waals surface area contributed by atoms with Crippen molar-refractivity contribution < 1.29 is 18.3 Å². The van der Waals surface area contributed by atoms with Crippen molar-refractivity contribution in [2.24, 2.45) is 0 Å². The smallest absolute Gasteiger partial charge is 0.244 e. The molecule has 1 saturated heterocycles. The monoisotopic (exact) mass is 291 g/mol. The van der Waals surface area contributed by atoms with Crippen LogP contribution in [-0.2, 0) is 21.4 Å². The van der Waals surface area contributed by atoms with Crippen LogP contribution in [0.4, 0.5) is 0 Å². The van der Waals surface area contributed by atoms with Crippen LogP contribution in [0.2, 0.25) is 0 Å². The molecule has 0 spiro atoms. The van der Waals surface area contributed by atoms with Gasteiger partial charge >= 0.3 is 0 Å². The van der Waals surface area contributed by atoms with Crippen molar-refractivity contribution >= 4 is 21.4 Å². The summed E-state index contributed by atoms with van der Waals surface area (Å²) in [5.74, 6) is 0. The zero-order valence-electron chi connectivity index (χ0n) is 10.4. The van der Waals surface area contributed by atoms with E-state index in [1.54, 1.807) is 13.0 Å². The van der Waals surface area contributed by atoms with Gasteiger partial charge in [-0.05, 0) is 19.9 Å². The molecule has 0 aromatic carbocycles. The van der Waals surface area contributed by atoms with Gasteiger partial charge in [0.05, 0.1) is 24.2 Å². The average molecular weight is 291 g/mol. The highest BCUT2D eigenvalue weighted by atomic mass is 32.2. The zero-order valence-corrected chi connectivity index (χ0v) is 12.1. The Balaban J connectivity index is 2.32. The summed E-state index contributed by atoms with van der Waals surface area (Å²) < 4.78 is 31.8. The van der Waals surface area contributed by atoms with Gasteiger partial charge in [-0.2, -0.15) is 4.31 Å². The number of aliphatic hydroxyl groups excluding tert-OH is 1. The molecule has 0 amide bonds. The number of aliphatic hydroxyl groups is 1. The highest BCUT2D eigenvalue weighted by Gasteiger charge is 2.31. The van der Waals surface area contributed by atoms with Gasteiger partial charge in [0.2, 0.25) is 10.0 Å². The molecule has 0 aliphatic carbocycles. The molecule has 2 rings (SSSR count). The predicted molar refractivity (Wildman–Crippen MR) is 69.2 cm³/mol. The van der Waals surface area contributed by atoms with E-state index in [0.717, 1.165) is 4.88 Å². The molecule has 7 heteroatoms. The minimum absolute atomic E-state index is 0.0789. The normalized spacial score (nSPS) is 22.3. The lowest BCUT2D eigenvalue weighted by Gasteiger charge is -2.30. The molecule has 1 aromatic rings. The first-order valence-electron chi connectivity index (χ1n) is 5.77. The fraction of sp³-hybridized carbons (Fsp3) is 0.636. The highest BCUT2D eigenvalue weighted by Crippen LogP contribution is 2.29. The van der Waals surface area contributed by atoms with Crippen molar-refractivity contribution in [3.63, 3.8) is 0 Å². The van der Waals surface area contributed by atoms with Gasteiger partial charge in [0.25, 0.3) is 0 Å². The summed E-state index contributed by atoms with van der Waals surface area (Å²) in [7, 11) is -3.46. The lowest BCUT2D eigenvalue weighted by atomic mass is 10.3. The lowest BCUT2D eigenvalue weighted by Crippen LogP contribution is -2.44. The Morgan fingerprint density at radius 1 is 1.61 bits per heavy atom. The van der Waals surface area contributed by atoms with Gasteiger partial charge in [-0.3, -0.25) is 0 Å². The lowest BCUT2D eigenvalue weighted by molar-refractivity contribution is 0.0102. The molecule has 1 unspecified atom stereocenters. The van der Waals surface area contributed by atoms with E-state index in [-0.39, 0.29) is 12.7 Å². The second-order valence-corrected chi connectivity index (χ2v) is 7.58. The topological polar surface area (TPSA) is 66.8 Å². The third-order valence-electron chi connectivity index (χ3n) is 2.90. The molecule has 1 aliphatic heterocycles. The van der Waals surface area contributed by atoms with Crippen molar-refractivity contribution in [1.29, 1.82) is 0 Å². The van der Waals surface area contributed by atoms with E-state index in [4.69, 9.17) is 9.84 Å². The fourth-order valence-electron chi connectivity index (χ4n) is 2.00. The molecule has 1 fully saturated rings. The van der Waals surface area contributed by atoms with Crippen LogP contribution in [0.25, 0.3) is 0 Å². The maximum atomic E-state index is 12.5. The molecule has 0 saturated carbocycles. The Hall–Kier alpha value is -0.470. The van der Waals surface area contributed by atoms with Gasteiger partial charge in [-0.1, -0.05) is 0 Å². The predicted octanol–water partition coefficient (Wildman–Crippen LogP) is 0.958. The van der Waals surface area contributed by atoms with Crippen LogP contribution < -0.4 is 0 Å². The number of aryl methyl sites for hydroxylation is 1. The molecule has 1 aromatic heterocycles. The van der Waals surface area contributed by atoms with Crippen LogP contribution in [0.1, 0.15) is 16.7 Å². The zero-order chi connectivity index (χ0) is 13.3. The van der Waals surface area contributed by atoms with Crippen molar-refractivity contribution in [2.75, 3.05) is 19.7 Å². The van der Waals surface area contributed by atoms with E-state index < -0.39 is 10.0 Å². The summed E-state index contributed by atoms with van der Waals surface area (Å²) in [6.45, 7) is 4.70. The summed E-state index contributed by atoms with van der Waals surface area (Å²) in [4.78, 5) is 1.70. The molecule has 0 radical (unpaired) electrons. The van der Waals surface area contributed by atoms with E-state index in [0.29, 0.717) is 29.5 Å². The number of sulfonamides is 1. The Morgan fingerprint density at radius 3 is 2.89 bits per heavy atom. The first kappa shape index (κ1) is 14.0. The first-order chi connectivity index (χ1) is 8.45. The van der Waals surface area contributed by atoms with Crippen LogP contribution in [0.5, 0.6) is 0 Å². The van der Waals surface area contributed by atoms with E-state index >= 15 is 0 Å². The van der Waals surface area contributed by atoms with Crippen LogP contribution in [0.15, 0.2) is 11.0 Å². The maximum absolute atomic E-state index is 12.5. The Bertz CT molecular complexity index is 523. The van der Waals surface area contributed by atoms with Crippen molar-refractivity contribution in [3.8, 4) is 0 Å². The van der Waals surface area contributed by atoms with Gasteiger partial charge in [0, 0.05) is 22.8 Å². The standard InChI is InChI=1S/C11H17NO4S2/c1-8-6-12(3-4-16-8)18(14,15)11-5-10(7-13)17-9(11)2/h5,8,13H,3-4,6-7H2,1-2H3. The second kappa shape index (κ2) is 5.26. The molecular formula is C11H17NO4S2. The van der Waals surface area contributed by atoms with Crippen LogP contribution in [0, 0.1) is 6.92 Å². The molecule has 0 bridgehead atoms. The molecule has 2 heterocycles. The number of rotatable bonds is 3. The van der Waals surface area contributed by atoms with Gasteiger partial charge in [0.1, 0.15) is 0 Å². The van der Waals surface area contributed by atoms with Crippen LogP contribution in [-0.4, -0.2) is 43.6 Å². The highest BCUT2D eigenvalue weighted by molar-refractivity contribution is 7.89. The number of hydrogen-bond acceptors (Lipinski definition) is 5. The van der Waals surface area contributed by atoms with Crippen LogP contribution in [0.3, 0.4) is 0 Å². The number of morpholine rings is 1. The minimum Gasteiger partial charge on any atom is -0.391 e. The SMILES string of the molecule is Cc1sc(CO)cc1S(=O)(=O)N1CCOC(C)C1. The van der Waals surface area contributed by atoms with Gasteiger partial charge in [-0.25, -0.2) is 8.42 Å². The third-order valence-corrected chi connectivity index (χ3v) is 6.06. The van der Waals surface area contributed by atoms with E-state index in [9.17, 15) is 8.42 Å². The van der Waals surface area contributed by atoms with Crippen molar-refractivity contribution in [3.05, 3.63) is 15.8 Å². The summed E-state index contributed by atoms with van der Waals surface area (Å²) in [6, 6.07) is 1.56. The number of hydrogen-bond donors (Lipinski definition) is 1. The van der Waals surface area contributed by atoms with Gasteiger partial charge in [-0.15, -0.1) is 11.3 Å². The molecular weight excluding hydrogens is 274 g/mol.